The molecule has 0 bridgehead atoms. The molecule has 0 heterocycles. The summed E-state index contributed by atoms with van der Waals surface area (Å²) in [5.74, 6) is 6.51. The second-order valence-electron chi connectivity index (χ2n) is 7.52. The Balaban J connectivity index is 1.73. The van der Waals surface area contributed by atoms with Gasteiger partial charge < -0.3 is 10.1 Å². The van der Waals surface area contributed by atoms with E-state index in [1.807, 2.05) is 39.0 Å². The number of carbonyl (C=O) groups is 1. The molecule has 0 atom stereocenters. The number of alkyl carbamates (subject to hydrolysis) is 1. The quantitative estimate of drug-likeness (QED) is 0.571. The van der Waals surface area contributed by atoms with E-state index in [9.17, 15) is 4.79 Å². The average molecular weight is 364 g/mol. The highest BCUT2D eigenvalue weighted by atomic mass is 16.6. The Kier molecular flexibility index (Phi) is 7.95. The number of hydrogen-bond acceptors (Lipinski definition) is 2. The van der Waals surface area contributed by atoms with Crippen molar-refractivity contribution in [2.75, 3.05) is 6.54 Å². The van der Waals surface area contributed by atoms with Crippen LogP contribution in [-0.2, 0) is 17.6 Å². The van der Waals surface area contributed by atoms with Crippen molar-refractivity contribution < 1.29 is 9.53 Å². The minimum absolute atomic E-state index is 0.361. The molecule has 27 heavy (non-hydrogen) atoms. The van der Waals surface area contributed by atoms with E-state index in [4.69, 9.17) is 4.74 Å². The van der Waals surface area contributed by atoms with Crippen molar-refractivity contribution in [3.05, 3.63) is 71.3 Å². The zero-order valence-corrected chi connectivity index (χ0v) is 16.5. The summed E-state index contributed by atoms with van der Waals surface area (Å²) < 4.78 is 5.23. The number of carbonyl (C=O) groups excluding carboxylic acids is 1. The Morgan fingerprint density at radius 1 is 1.00 bits per heavy atom. The van der Waals surface area contributed by atoms with Gasteiger partial charge in [0.05, 0.1) is 0 Å². The zero-order chi connectivity index (χ0) is 19.5. The first-order valence-corrected chi connectivity index (χ1v) is 9.51. The summed E-state index contributed by atoms with van der Waals surface area (Å²) in [5.41, 5.74) is 3.13. The molecule has 1 amide bonds. The first-order chi connectivity index (χ1) is 12.9. The fourth-order valence-electron chi connectivity index (χ4n) is 2.62. The van der Waals surface area contributed by atoms with Gasteiger partial charge >= 0.3 is 6.09 Å². The maximum atomic E-state index is 11.6. The Labute approximate surface area is 163 Å². The smallest absolute Gasteiger partial charge is 0.407 e. The van der Waals surface area contributed by atoms with E-state index in [1.165, 1.54) is 11.1 Å². The van der Waals surface area contributed by atoms with E-state index in [0.29, 0.717) is 6.54 Å². The molecule has 0 aliphatic rings. The van der Waals surface area contributed by atoms with Gasteiger partial charge in [-0.1, -0.05) is 54.3 Å². The number of rotatable bonds is 6. The SMILES string of the molecule is CC(C)(C)OC(=O)NCCCc1cccc(C#CCCc2ccccc2)c1. The molecule has 1 N–H and O–H groups in total. The van der Waals surface area contributed by atoms with Crippen molar-refractivity contribution in [3.63, 3.8) is 0 Å². The lowest BCUT2D eigenvalue weighted by atomic mass is 10.1. The lowest BCUT2D eigenvalue weighted by Crippen LogP contribution is -2.33. The van der Waals surface area contributed by atoms with Crippen molar-refractivity contribution in [1.82, 2.24) is 5.32 Å². The number of benzene rings is 2. The van der Waals surface area contributed by atoms with E-state index in [2.05, 4.69) is 53.6 Å². The van der Waals surface area contributed by atoms with Crippen LogP contribution >= 0.6 is 0 Å². The fraction of sp³-hybridized carbons (Fsp3) is 0.375. The third-order valence-electron chi connectivity index (χ3n) is 3.85. The largest absolute Gasteiger partial charge is 0.444 e. The summed E-state index contributed by atoms with van der Waals surface area (Å²) in [5, 5.41) is 2.79. The molecule has 0 unspecified atom stereocenters. The predicted molar refractivity (Wildman–Crippen MR) is 111 cm³/mol. The van der Waals surface area contributed by atoms with Crippen LogP contribution in [-0.4, -0.2) is 18.2 Å². The minimum Gasteiger partial charge on any atom is -0.444 e. The molecular weight excluding hydrogens is 334 g/mol. The Hall–Kier alpha value is -2.73. The van der Waals surface area contributed by atoms with Crippen molar-refractivity contribution >= 4 is 6.09 Å². The lowest BCUT2D eigenvalue weighted by Gasteiger charge is -2.19. The second-order valence-corrected chi connectivity index (χ2v) is 7.52. The number of aryl methyl sites for hydroxylation is 2. The van der Waals surface area contributed by atoms with Crippen LogP contribution in [0.5, 0.6) is 0 Å². The third-order valence-corrected chi connectivity index (χ3v) is 3.85. The lowest BCUT2D eigenvalue weighted by molar-refractivity contribution is 0.0527. The van der Waals surface area contributed by atoms with Gasteiger partial charge in [-0.15, -0.1) is 0 Å². The maximum absolute atomic E-state index is 11.6. The van der Waals surface area contributed by atoms with Crippen molar-refractivity contribution in [2.45, 2.75) is 52.1 Å². The molecule has 3 heteroatoms. The Morgan fingerprint density at radius 3 is 2.48 bits per heavy atom. The van der Waals surface area contributed by atoms with Gasteiger partial charge in [0.2, 0.25) is 0 Å². The maximum Gasteiger partial charge on any atom is 0.407 e. The topological polar surface area (TPSA) is 38.3 Å². The number of ether oxygens (including phenoxy) is 1. The second kappa shape index (κ2) is 10.4. The standard InChI is InChI=1S/C24H29NO2/c1-24(2,3)27-23(26)25-18-10-17-22-16-9-15-21(19-22)14-8-7-13-20-11-5-4-6-12-20/h4-6,9,11-12,15-16,19H,7,10,13,17-18H2,1-3H3,(H,25,26). The highest BCUT2D eigenvalue weighted by molar-refractivity contribution is 5.67. The summed E-state index contributed by atoms with van der Waals surface area (Å²) in [6.45, 7) is 6.18. The number of amides is 1. The molecule has 142 valence electrons. The molecule has 0 spiro atoms. The average Bonchev–Trinajstić information content (AvgIpc) is 2.62. The zero-order valence-electron chi connectivity index (χ0n) is 16.5. The summed E-state index contributed by atoms with van der Waals surface area (Å²) in [6, 6.07) is 18.7. The van der Waals surface area contributed by atoms with Crippen LogP contribution < -0.4 is 5.32 Å². The van der Waals surface area contributed by atoms with Crippen molar-refractivity contribution in [3.8, 4) is 11.8 Å². The molecule has 0 aliphatic heterocycles. The van der Waals surface area contributed by atoms with Crippen LogP contribution in [0, 0.1) is 11.8 Å². The monoisotopic (exact) mass is 363 g/mol. The molecule has 0 aliphatic carbocycles. The van der Waals surface area contributed by atoms with E-state index in [0.717, 1.165) is 31.2 Å². The van der Waals surface area contributed by atoms with Crippen LogP contribution in [0.25, 0.3) is 0 Å². The van der Waals surface area contributed by atoms with Crippen LogP contribution in [0.15, 0.2) is 54.6 Å². The van der Waals surface area contributed by atoms with Crippen molar-refractivity contribution in [1.29, 1.82) is 0 Å². The van der Waals surface area contributed by atoms with Gasteiger partial charge in [-0.2, -0.15) is 0 Å². The van der Waals surface area contributed by atoms with Gasteiger partial charge in [-0.25, -0.2) is 4.79 Å². The molecule has 2 aromatic carbocycles. The number of hydrogen-bond donors (Lipinski definition) is 1. The summed E-state index contributed by atoms with van der Waals surface area (Å²) >= 11 is 0. The van der Waals surface area contributed by atoms with Crippen molar-refractivity contribution in [2.24, 2.45) is 0 Å². The highest BCUT2D eigenvalue weighted by Gasteiger charge is 2.15. The van der Waals surface area contributed by atoms with Gasteiger partial charge in [0.15, 0.2) is 0 Å². The molecule has 2 aromatic rings. The van der Waals surface area contributed by atoms with E-state index in [-0.39, 0.29) is 6.09 Å². The molecule has 0 radical (unpaired) electrons. The minimum atomic E-state index is -0.461. The van der Waals surface area contributed by atoms with Gasteiger partial charge in [-0.3, -0.25) is 0 Å². The normalized spacial score (nSPS) is 10.6. The Morgan fingerprint density at radius 2 is 1.74 bits per heavy atom. The van der Waals surface area contributed by atoms with E-state index in [1.54, 1.807) is 0 Å². The van der Waals surface area contributed by atoms with Gasteiger partial charge in [0, 0.05) is 18.5 Å². The summed E-state index contributed by atoms with van der Waals surface area (Å²) in [6.07, 6.45) is 3.23. The molecule has 3 nitrogen and oxygen atoms in total. The number of nitrogens with one attached hydrogen (secondary N) is 1. The van der Waals surface area contributed by atoms with Crippen LogP contribution in [0.3, 0.4) is 0 Å². The Bertz CT molecular complexity index is 779. The fourth-order valence-corrected chi connectivity index (χ4v) is 2.62. The molecule has 0 saturated carbocycles. The third kappa shape index (κ3) is 8.96. The van der Waals surface area contributed by atoms with Crippen LogP contribution in [0.4, 0.5) is 4.79 Å². The molecular formula is C24H29NO2. The molecule has 0 saturated heterocycles. The van der Waals surface area contributed by atoms with Crippen LogP contribution in [0.1, 0.15) is 50.3 Å². The molecule has 2 rings (SSSR count). The predicted octanol–water partition coefficient (Wildman–Crippen LogP) is 5.13. The molecule has 0 fully saturated rings. The molecule has 0 aromatic heterocycles. The highest BCUT2D eigenvalue weighted by Crippen LogP contribution is 2.08. The summed E-state index contributed by atoms with van der Waals surface area (Å²) in [4.78, 5) is 11.6. The first kappa shape index (κ1) is 20.6. The first-order valence-electron chi connectivity index (χ1n) is 9.51. The van der Waals surface area contributed by atoms with Gasteiger partial charge in [-0.05, 0) is 63.3 Å². The van der Waals surface area contributed by atoms with E-state index < -0.39 is 5.60 Å². The van der Waals surface area contributed by atoms with E-state index >= 15 is 0 Å². The van der Waals surface area contributed by atoms with Gasteiger partial charge in [0.25, 0.3) is 0 Å². The van der Waals surface area contributed by atoms with Gasteiger partial charge in [0.1, 0.15) is 5.60 Å². The summed E-state index contributed by atoms with van der Waals surface area (Å²) in [7, 11) is 0. The van der Waals surface area contributed by atoms with Crippen LogP contribution in [0.2, 0.25) is 0 Å².